The maximum Gasteiger partial charge on any atom is 0.287 e. The minimum Gasteiger partial charge on any atom is -0.451 e. The van der Waals surface area contributed by atoms with Gasteiger partial charge in [-0.2, -0.15) is 0 Å². The number of rotatable bonds is 27. The molecule has 6 atom stereocenters. The van der Waals surface area contributed by atoms with E-state index in [-0.39, 0.29) is 60.4 Å². The first kappa shape index (κ1) is 65.8. The van der Waals surface area contributed by atoms with Gasteiger partial charge in [0.25, 0.3) is 11.8 Å². The molecular formula is C57H84N6O12S2. The molecule has 5 amide bonds. The number of carbonyl (C=O) groups is 7. The number of hydrogen-bond acceptors (Lipinski definition) is 15. The van der Waals surface area contributed by atoms with E-state index in [9.17, 15) is 43.9 Å². The number of benzene rings is 2. The molecular weight excluding hydrogens is 1020 g/mol. The summed E-state index contributed by atoms with van der Waals surface area (Å²) in [6.45, 7) is 18.8. The highest BCUT2D eigenvalue weighted by molar-refractivity contribution is 8.01. The summed E-state index contributed by atoms with van der Waals surface area (Å²) in [5.74, 6) is -4.97. The number of amides is 5. The summed E-state index contributed by atoms with van der Waals surface area (Å²) < 4.78 is 11.9. The number of ketones is 2. The van der Waals surface area contributed by atoms with Crippen molar-refractivity contribution in [3.05, 3.63) is 89.5 Å². The molecule has 0 aliphatic carbocycles. The molecule has 1 saturated heterocycles. The number of hydrogen-bond donors (Lipinski definition) is 8. The van der Waals surface area contributed by atoms with Crippen LogP contribution in [0.1, 0.15) is 103 Å². The van der Waals surface area contributed by atoms with Crippen LogP contribution in [0, 0.1) is 46.8 Å². The zero-order valence-electron chi connectivity index (χ0n) is 46.3. The topological polar surface area (TPSA) is 266 Å². The number of ether oxygens (including phenoxy) is 1. The van der Waals surface area contributed by atoms with Gasteiger partial charge in [-0.1, -0.05) is 103 Å². The lowest BCUT2D eigenvalue weighted by Crippen LogP contribution is -2.44. The second-order valence-corrected chi connectivity index (χ2v) is 23.4. The quantitative estimate of drug-likeness (QED) is 0.0126. The number of thiophene rings is 1. The number of aliphatic hydroxyl groups is 1. The molecule has 8 N–H and O–H groups in total. The molecule has 0 bridgehead atoms. The predicted octanol–water partition coefficient (Wildman–Crippen LogP) is 7.35. The fourth-order valence-electron chi connectivity index (χ4n) is 8.94. The number of morpholine rings is 1. The summed E-state index contributed by atoms with van der Waals surface area (Å²) in [5, 5.41) is 39.1. The Balaban J connectivity index is 0.000000311. The Kier molecular flexibility index (Phi) is 29.4. The molecule has 77 heavy (non-hydrogen) atoms. The lowest BCUT2D eigenvalue weighted by Gasteiger charge is -2.31. The first-order valence-corrected chi connectivity index (χ1v) is 28.3. The molecule has 1 fully saturated rings. The molecule has 0 saturated carbocycles. The van der Waals surface area contributed by atoms with Gasteiger partial charge in [-0.3, -0.25) is 48.9 Å². The van der Waals surface area contributed by atoms with Crippen LogP contribution in [0.25, 0.3) is 11.0 Å². The van der Waals surface area contributed by atoms with Crippen LogP contribution >= 0.6 is 23.1 Å². The molecule has 0 radical (unpaired) electrons. The van der Waals surface area contributed by atoms with E-state index in [1.807, 2.05) is 121 Å². The minimum absolute atomic E-state index is 0.0465. The van der Waals surface area contributed by atoms with Crippen molar-refractivity contribution in [3.63, 3.8) is 0 Å². The van der Waals surface area contributed by atoms with E-state index >= 15 is 0 Å². The van der Waals surface area contributed by atoms with Gasteiger partial charge in [0, 0.05) is 75.5 Å². The minimum atomic E-state index is -1.64. The van der Waals surface area contributed by atoms with E-state index in [0.29, 0.717) is 30.9 Å². The highest BCUT2D eigenvalue weighted by Crippen LogP contribution is 2.34. The van der Waals surface area contributed by atoms with Crippen molar-refractivity contribution in [1.29, 1.82) is 0 Å². The predicted molar refractivity (Wildman–Crippen MR) is 299 cm³/mol. The number of para-hydroxylation sites is 1. The Labute approximate surface area is 462 Å². The average Bonchev–Trinajstić information content (AvgIpc) is 4.11. The number of thioether (sulfide) groups is 1. The number of hydroxylamine groups is 2. The van der Waals surface area contributed by atoms with Crippen molar-refractivity contribution in [2.45, 2.75) is 104 Å². The summed E-state index contributed by atoms with van der Waals surface area (Å²) in [6.07, 6.45) is 1.64. The van der Waals surface area contributed by atoms with Gasteiger partial charge in [0.15, 0.2) is 5.76 Å². The molecule has 1 aliphatic rings. The van der Waals surface area contributed by atoms with Gasteiger partial charge in [-0.25, -0.2) is 11.0 Å². The van der Waals surface area contributed by atoms with Gasteiger partial charge in [0.1, 0.15) is 23.3 Å². The van der Waals surface area contributed by atoms with E-state index < -0.39 is 52.9 Å². The van der Waals surface area contributed by atoms with Crippen LogP contribution in [0.3, 0.4) is 0 Å². The fraction of sp³-hybridized carbons (Fsp3) is 0.561. The van der Waals surface area contributed by atoms with Crippen molar-refractivity contribution in [3.8, 4) is 0 Å². The summed E-state index contributed by atoms with van der Waals surface area (Å²) in [4.78, 5) is 89.2. The van der Waals surface area contributed by atoms with Crippen molar-refractivity contribution in [2.75, 3.05) is 59.2 Å². The Morgan fingerprint density at radius 1 is 0.727 bits per heavy atom. The van der Waals surface area contributed by atoms with Gasteiger partial charge in [-0.05, 0) is 85.0 Å². The molecule has 20 heteroatoms. The fourth-order valence-corrected chi connectivity index (χ4v) is 10.9. The number of nitrogens with one attached hydrogen (secondary N) is 5. The third kappa shape index (κ3) is 23.2. The van der Waals surface area contributed by atoms with Crippen molar-refractivity contribution < 1.29 is 58.2 Å². The van der Waals surface area contributed by atoms with Gasteiger partial charge >= 0.3 is 0 Å². The van der Waals surface area contributed by atoms with Crippen LogP contribution in [-0.4, -0.2) is 127 Å². The van der Waals surface area contributed by atoms with Crippen LogP contribution in [0.15, 0.2) is 86.8 Å². The highest BCUT2D eigenvalue weighted by atomic mass is 32.2. The second-order valence-electron chi connectivity index (χ2n) is 21.2. The average molecular weight is 1110 g/mol. The maximum atomic E-state index is 13.5. The second kappa shape index (κ2) is 34.4. The van der Waals surface area contributed by atoms with Gasteiger partial charge in [0.05, 0.1) is 29.3 Å². The Bertz CT molecular complexity index is 2390. The summed E-state index contributed by atoms with van der Waals surface area (Å²) >= 11 is 3.07. The molecule has 0 unspecified atom stereocenters. The van der Waals surface area contributed by atoms with E-state index in [2.05, 4.69) is 20.9 Å². The zero-order chi connectivity index (χ0) is 57.1. The number of fused-ring (bicyclic) bond motifs is 1. The van der Waals surface area contributed by atoms with Crippen LogP contribution in [0.2, 0.25) is 0 Å². The van der Waals surface area contributed by atoms with Crippen molar-refractivity contribution >= 4 is 75.2 Å². The van der Waals surface area contributed by atoms with Gasteiger partial charge in [-0.15, -0.1) is 23.1 Å². The van der Waals surface area contributed by atoms with Crippen LogP contribution < -0.4 is 26.9 Å². The monoisotopic (exact) mass is 1110 g/mol. The van der Waals surface area contributed by atoms with E-state index in [1.165, 1.54) is 24.3 Å². The Morgan fingerprint density at radius 2 is 1.34 bits per heavy atom. The number of aliphatic hydroxyl groups excluding tert-OH is 1. The lowest BCUT2D eigenvalue weighted by atomic mass is 9.74. The smallest absolute Gasteiger partial charge is 0.287 e. The standard InChI is InChI=1S/C24H32N2O4S2.C17H22N2O3.C16H30N2O5/c1-16(2)12-19(20(24(29)26-30)15-32-22-10-7-11-31-22)21(27)14-18(23(28)25-3)13-17-8-5-4-6-9-17;20-17(16-13-14-5-1-2-6-15(14)22-16)18-7-3-4-8-19-9-11-21-12-10-19;1-9(2)7-10(13(20)15(22)18-23)12(19)8-11(14(21)17-6)16(3,4)5/h4-11,16,18-20,30H,12-15H2,1-3H3,(H,25,28)(H,26,29);1-2,5-6,13H,3-4,7-12H2,(H,18,20);9-11,13,20,23H,7-8H2,1-6H3,(H,17,21)(H,18,22)/t18-,19-,20+;;10-,11-,13+/m1.1/s1. The van der Waals surface area contributed by atoms with Crippen molar-refractivity contribution in [2.24, 2.45) is 46.8 Å². The molecule has 5 rings (SSSR count). The van der Waals surface area contributed by atoms with E-state index in [0.717, 1.165) is 66.4 Å². The van der Waals surface area contributed by atoms with E-state index in [4.69, 9.17) is 14.4 Å². The van der Waals surface area contributed by atoms with Crippen LogP contribution in [-0.2, 0) is 39.9 Å². The summed E-state index contributed by atoms with van der Waals surface area (Å²) in [7, 11) is 3.07. The van der Waals surface area contributed by atoms with Crippen LogP contribution in [0.4, 0.5) is 0 Å². The molecule has 426 valence electrons. The summed E-state index contributed by atoms with van der Waals surface area (Å²) in [5.41, 5.74) is 4.41. The molecule has 3 heterocycles. The first-order valence-electron chi connectivity index (χ1n) is 26.4. The summed E-state index contributed by atoms with van der Waals surface area (Å²) in [6, 6.07) is 22.9. The first-order chi connectivity index (χ1) is 36.6. The molecule has 2 aromatic carbocycles. The number of furan rings is 1. The Morgan fingerprint density at radius 3 is 1.91 bits per heavy atom. The zero-order valence-corrected chi connectivity index (χ0v) is 47.9. The van der Waals surface area contributed by atoms with Crippen molar-refractivity contribution in [1.82, 2.24) is 31.8 Å². The normalized spacial score (nSPS) is 15.0. The number of unbranched alkanes of at least 4 members (excludes halogenated alkanes) is 1. The maximum absolute atomic E-state index is 13.5. The third-order valence-electron chi connectivity index (χ3n) is 13.2. The number of nitrogens with zero attached hydrogens (tertiary/aromatic N) is 1. The molecule has 0 spiro atoms. The third-order valence-corrected chi connectivity index (χ3v) is 15.5. The molecule has 18 nitrogen and oxygen atoms in total. The molecule has 1 aliphatic heterocycles. The van der Waals surface area contributed by atoms with Crippen LogP contribution in [0.5, 0.6) is 0 Å². The number of Topliss-reactive ketones (excluding diaryl/α,β-unsaturated/α-hetero) is 2. The van der Waals surface area contributed by atoms with E-state index in [1.54, 1.807) is 29.9 Å². The van der Waals surface area contributed by atoms with Gasteiger partial charge < -0.3 is 30.2 Å². The Hall–Kier alpha value is -5.48. The highest BCUT2D eigenvalue weighted by Gasteiger charge is 2.39. The largest absolute Gasteiger partial charge is 0.451 e. The molecule has 2 aromatic heterocycles. The molecule has 4 aromatic rings. The lowest BCUT2D eigenvalue weighted by molar-refractivity contribution is -0.147. The SMILES string of the molecule is CNC(=O)[C@@H](CC(=O)[C@@H](CC(C)C)[C@H](O)C(=O)NO)C(C)(C)C.CNC(=O)[C@@H](CC(=O)[C@H](CC(C)C)[C@H](CSc1cccs1)C(=O)NO)Cc1ccccc1.O=C(NCCCCN1CCOCC1)c1cc2ccccc2o1. The van der Waals surface area contributed by atoms with Gasteiger partial charge in [0.2, 0.25) is 17.7 Å². The number of carbonyl (C=O) groups excluding carboxylic acids is 7.